The highest BCUT2D eigenvalue weighted by atomic mass is 32.1. The molecule has 0 bridgehead atoms. The molecule has 0 aliphatic heterocycles. The second-order valence-electron chi connectivity index (χ2n) is 7.84. The highest BCUT2D eigenvalue weighted by Gasteiger charge is 2.18. The Kier molecular flexibility index (Phi) is 6.34. The third-order valence-electron chi connectivity index (χ3n) is 5.55. The molecule has 0 saturated carbocycles. The fourth-order valence-electron chi connectivity index (χ4n) is 3.86. The van der Waals surface area contributed by atoms with Crippen molar-refractivity contribution >= 4 is 33.5 Å². The molecule has 172 valence electrons. The van der Waals surface area contributed by atoms with Crippen LogP contribution in [0.1, 0.15) is 22.8 Å². The van der Waals surface area contributed by atoms with E-state index < -0.39 is 5.91 Å². The molecule has 0 radical (unpaired) electrons. The predicted molar refractivity (Wildman–Crippen MR) is 132 cm³/mol. The number of amides is 1. The average molecular weight is 474 g/mol. The molecule has 3 aromatic heterocycles. The number of benzene rings is 1. The van der Waals surface area contributed by atoms with Gasteiger partial charge in [-0.25, -0.2) is 4.98 Å². The number of H-pyrrole nitrogens is 1. The van der Waals surface area contributed by atoms with Crippen LogP contribution < -0.4 is 10.3 Å². The van der Waals surface area contributed by atoms with Crippen molar-refractivity contribution in [3.8, 4) is 17.5 Å². The van der Waals surface area contributed by atoms with E-state index in [1.165, 1.54) is 16.2 Å². The number of likely N-dealkylation sites (N-methyl/N-ethyl adjacent to an activating group) is 1. The second kappa shape index (κ2) is 9.37. The summed E-state index contributed by atoms with van der Waals surface area (Å²) in [6, 6.07) is 13.4. The lowest BCUT2D eigenvalue weighted by Gasteiger charge is -2.16. The van der Waals surface area contributed by atoms with Gasteiger partial charge in [-0.3, -0.25) is 9.59 Å². The summed E-state index contributed by atoms with van der Waals surface area (Å²) in [6.07, 6.45) is 1.60. The topological polar surface area (TPSA) is 104 Å². The molecule has 0 aliphatic rings. The molecule has 0 fully saturated rings. The van der Waals surface area contributed by atoms with E-state index >= 15 is 0 Å². The van der Waals surface area contributed by atoms with Crippen molar-refractivity contribution < 1.29 is 9.53 Å². The summed E-state index contributed by atoms with van der Waals surface area (Å²) < 4.78 is 7.83. The number of fused-ring (bicyclic) bond motifs is 1. The SMILES string of the molecule is COc1ccc(-n2c(C)cc(/C=C(\C#N)C(=O)N(C)Cc3nc4ccsc4c(=O)[nH]3)c2C)cc1. The number of aromatic nitrogens is 3. The number of hydrogen-bond acceptors (Lipinski definition) is 6. The minimum Gasteiger partial charge on any atom is -0.497 e. The van der Waals surface area contributed by atoms with Crippen molar-refractivity contribution in [2.24, 2.45) is 0 Å². The highest BCUT2D eigenvalue weighted by Crippen LogP contribution is 2.24. The number of aromatic amines is 1. The number of carbonyl (C=O) groups is 1. The molecule has 1 N–H and O–H groups in total. The molecule has 0 spiro atoms. The van der Waals surface area contributed by atoms with Crippen LogP contribution in [0.3, 0.4) is 0 Å². The summed E-state index contributed by atoms with van der Waals surface area (Å²) >= 11 is 1.31. The number of ether oxygens (including phenoxy) is 1. The van der Waals surface area contributed by atoms with E-state index in [1.54, 1.807) is 31.7 Å². The van der Waals surface area contributed by atoms with Gasteiger partial charge in [-0.15, -0.1) is 11.3 Å². The first-order chi connectivity index (χ1) is 16.3. The van der Waals surface area contributed by atoms with Gasteiger partial charge >= 0.3 is 0 Å². The maximum Gasteiger partial charge on any atom is 0.268 e. The lowest BCUT2D eigenvalue weighted by molar-refractivity contribution is -0.126. The summed E-state index contributed by atoms with van der Waals surface area (Å²) in [5.74, 6) is 0.673. The number of hydrogen-bond donors (Lipinski definition) is 1. The normalized spacial score (nSPS) is 11.4. The Hall–Kier alpha value is -4.16. The molecule has 34 heavy (non-hydrogen) atoms. The Labute approximate surface area is 200 Å². The number of methoxy groups -OCH3 is 1. The molecular formula is C25H23N5O3S. The van der Waals surface area contributed by atoms with Gasteiger partial charge in [-0.2, -0.15) is 5.26 Å². The summed E-state index contributed by atoms with van der Waals surface area (Å²) in [5.41, 5.74) is 3.95. The van der Waals surface area contributed by atoms with Crippen LogP contribution >= 0.6 is 11.3 Å². The first-order valence-electron chi connectivity index (χ1n) is 10.5. The van der Waals surface area contributed by atoms with E-state index in [9.17, 15) is 14.9 Å². The number of nitrogens with one attached hydrogen (secondary N) is 1. The van der Waals surface area contributed by atoms with Crippen molar-refractivity contribution in [2.45, 2.75) is 20.4 Å². The Balaban J connectivity index is 1.60. The van der Waals surface area contributed by atoms with E-state index in [2.05, 4.69) is 14.5 Å². The molecule has 0 saturated heterocycles. The fraction of sp³-hybridized carbons (Fsp3) is 0.200. The molecule has 0 unspecified atom stereocenters. The largest absolute Gasteiger partial charge is 0.497 e. The number of nitriles is 1. The second-order valence-corrected chi connectivity index (χ2v) is 8.75. The van der Waals surface area contributed by atoms with E-state index in [-0.39, 0.29) is 17.7 Å². The Morgan fingerprint density at radius 3 is 2.71 bits per heavy atom. The van der Waals surface area contributed by atoms with E-state index in [4.69, 9.17) is 4.74 Å². The van der Waals surface area contributed by atoms with Crippen molar-refractivity contribution in [1.82, 2.24) is 19.4 Å². The summed E-state index contributed by atoms with van der Waals surface area (Å²) in [4.78, 5) is 33.7. The van der Waals surface area contributed by atoms with Crippen LogP contribution in [0.4, 0.5) is 0 Å². The number of thiophene rings is 1. The standard InChI is InChI=1S/C25H23N5O3S/c1-15-11-17(16(2)30(15)19-5-7-20(33-4)8-6-19)12-18(13-26)25(32)29(3)14-22-27-21-9-10-34-23(21)24(31)28-22/h5-12H,14H2,1-4H3,(H,27,28,31)/b18-12+. The van der Waals surface area contributed by atoms with Gasteiger partial charge in [0, 0.05) is 24.1 Å². The first-order valence-corrected chi connectivity index (χ1v) is 11.4. The predicted octanol–water partition coefficient (Wildman–Crippen LogP) is 3.97. The van der Waals surface area contributed by atoms with Crippen LogP contribution in [0.5, 0.6) is 5.75 Å². The van der Waals surface area contributed by atoms with Crippen molar-refractivity contribution in [2.75, 3.05) is 14.2 Å². The van der Waals surface area contributed by atoms with Crippen LogP contribution in [-0.2, 0) is 11.3 Å². The highest BCUT2D eigenvalue weighted by molar-refractivity contribution is 7.17. The van der Waals surface area contributed by atoms with Crippen LogP contribution in [0.15, 0.2) is 52.1 Å². The minimum absolute atomic E-state index is 0.00330. The van der Waals surface area contributed by atoms with Crippen molar-refractivity contribution in [3.63, 3.8) is 0 Å². The zero-order chi connectivity index (χ0) is 24.4. The maximum absolute atomic E-state index is 13.0. The van der Waals surface area contributed by atoms with Gasteiger partial charge in [0.05, 0.1) is 19.2 Å². The molecule has 4 rings (SSSR count). The molecular weight excluding hydrogens is 450 g/mol. The lowest BCUT2D eigenvalue weighted by atomic mass is 10.1. The molecule has 1 aromatic carbocycles. The summed E-state index contributed by atoms with van der Waals surface area (Å²) in [5, 5.41) is 11.5. The Morgan fingerprint density at radius 2 is 2.03 bits per heavy atom. The van der Waals surface area contributed by atoms with Crippen molar-refractivity contribution in [1.29, 1.82) is 5.26 Å². The van der Waals surface area contributed by atoms with Gasteiger partial charge in [0.15, 0.2) is 0 Å². The van der Waals surface area contributed by atoms with Crippen LogP contribution in [0.2, 0.25) is 0 Å². The zero-order valence-corrected chi connectivity index (χ0v) is 20.1. The van der Waals surface area contributed by atoms with Gasteiger partial charge in [-0.05, 0) is 67.3 Å². The fourth-order valence-corrected chi connectivity index (χ4v) is 4.58. The third-order valence-corrected chi connectivity index (χ3v) is 6.45. The van der Waals surface area contributed by atoms with E-state index in [0.29, 0.717) is 16.0 Å². The quantitative estimate of drug-likeness (QED) is 0.337. The molecule has 1 amide bonds. The smallest absolute Gasteiger partial charge is 0.268 e. The molecule has 0 atom stereocenters. The number of rotatable bonds is 6. The van der Waals surface area contributed by atoms with Crippen LogP contribution in [0.25, 0.3) is 22.0 Å². The first kappa shape index (κ1) is 23.0. The zero-order valence-electron chi connectivity index (χ0n) is 19.2. The average Bonchev–Trinajstić information content (AvgIpc) is 3.41. The van der Waals surface area contributed by atoms with Gasteiger partial charge in [0.1, 0.15) is 27.9 Å². The van der Waals surface area contributed by atoms with Gasteiger partial charge in [0.2, 0.25) is 0 Å². The number of carbonyl (C=O) groups excluding carboxylic acids is 1. The Bertz CT molecular complexity index is 1500. The van der Waals surface area contributed by atoms with E-state index in [0.717, 1.165) is 28.4 Å². The van der Waals surface area contributed by atoms with Crippen LogP contribution in [0, 0.1) is 25.2 Å². The maximum atomic E-state index is 13.0. The van der Waals surface area contributed by atoms with Gasteiger partial charge in [0.25, 0.3) is 11.5 Å². The molecule has 0 aliphatic carbocycles. The third kappa shape index (κ3) is 4.36. The molecule has 4 aromatic rings. The number of aryl methyl sites for hydroxylation is 1. The van der Waals surface area contributed by atoms with Gasteiger partial charge < -0.3 is 19.2 Å². The summed E-state index contributed by atoms with van der Waals surface area (Å²) in [6.45, 7) is 3.98. The Morgan fingerprint density at radius 1 is 1.29 bits per heavy atom. The molecule has 3 heterocycles. The van der Waals surface area contributed by atoms with Crippen molar-refractivity contribution in [3.05, 3.63) is 80.5 Å². The number of nitrogens with zero attached hydrogens (tertiary/aromatic N) is 4. The monoisotopic (exact) mass is 473 g/mol. The minimum atomic E-state index is -0.454. The lowest BCUT2D eigenvalue weighted by Crippen LogP contribution is -2.29. The van der Waals surface area contributed by atoms with Crippen LogP contribution in [-0.4, -0.2) is 39.5 Å². The molecule has 9 heteroatoms. The van der Waals surface area contributed by atoms with Gasteiger partial charge in [-0.1, -0.05) is 0 Å². The summed E-state index contributed by atoms with van der Waals surface area (Å²) in [7, 11) is 3.20. The molecule has 8 nitrogen and oxygen atoms in total. The van der Waals surface area contributed by atoms with E-state index in [1.807, 2.05) is 50.2 Å².